The summed E-state index contributed by atoms with van der Waals surface area (Å²) in [6, 6.07) is 0. The summed E-state index contributed by atoms with van der Waals surface area (Å²) < 4.78 is 29.5. The van der Waals surface area contributed by atoms with Crippen molar-refractivity contribution in [3.63, 3.8) is 0 Å². The summed E-state index contributed by atoms with van der Waals surface area (Å²) in [5.41, 5.74) is 0.166. The Kier molecular flexibility index (Phi) is 6.09. The van der Waals surface area contributed by atoms with Crippen LogP contribution in [-0.4, -0.2) is 45.7 Å². The van der Waals surface area contributed by atoms with Crippen LogP contribution in [-0.2, 0) is 14.6 Å². The lowest BCUT2D eigenvalue weighted by Gasteiger charge is -2.35. The average molecular weight is 317 g/mol. The Morgan fingerprint density at radius 3 is 2.67 bits per heavy atom. The topological polar surface area (TPSA) is 55.4 Å². The molecule has 0 amide bonds. The lowest BCUT2D eigenvalue weighted by Crippen LogP contribution is -2.42. The maximum atomic E-state index is 11.7. The van der Waals surface area contributed by atoms with E-state index in [0.29, 0.717) is 11.9 Å². The van der Waals surface area contributed by atoms with E-state index in [1.54, 1.807) is 6.92 Å². The number of hydrogen-bond donors (Lipinski definition) is 1. The zero-order valence-electron chi connectivity index (χ0n) is 13.6. The monoisotopic (exact) mass is 317 g/mol. The van der Waals surface area contributed by atoms with Crippen molar-refractivity contribution in [3.8, 4) is 0 Å². The van der Waals surface area contributed by atoms with Gasteiger partial charge in [-0.2, -0.15) is 0 Å². The number of ether oxygens (including phenoxy) is 1. The van der Waals surface area contributed by atoms with E-state index in [4.69, 9.17) is 4.74 Å². The Hall–Kier alpha value is -0.130. The molecule has 1 saturated carbocycles. The standard InChI is InChI=1S/C16H31NO3S/c1-3-10-17-13-16(8-5-12-21(18,19)4-2)9-11-20-15(16)14-6-7-14/h14-15,17H,3-13H2,1-2H3. The van der Waals surface area contributed by atoms with Crippen molar-refractivity contribution >= 4 is 9.84 Å². The molecule has 0 aromatic heterocycles. The predicted octanol–water partition coefficient (Wildman–Crippen LogP) is 2.39. The minimum absolute atomic E-state index is 0.166. The first kappa shape index (κ1) is 17.2. The quantitative estimate of drug-likeness (QED) is 0.629. The zero-order valence-corrected chi connectivity index (χ0v) is 14.4. The summed E-state index contributed by atoms with van der Waals surface area (Å²) >= 11 is 0. The molecule has 0 radical (unpaired) electrons. The number of nitrogens with one attached hydrogen (secondary N) is 1. The van der Waals surface area contributed by atoms with Gasteiger partial charge < -0.3 is 10.1 Å². The molecule has 4 nitrogen and oxygen atoms in total. The first-order chi connectivity index (χ1) is 10.0. The highest BCUT2D eigenvalue weighted by Gasteiger charge is 2.50. The highest BCUT2D eigenvalue weighted by molar-refractivity contribution is 7.91. The van der Waals surface area contributed by atoms with Crippen LogP contribution in [0, 0.1) is 11.3 Å². The van der Waals surface area contributed by atoms with Crippen molar-refractivity contribution < 1.29 is 13.2 Å². The molecule has 1 aliphatic carbocycles. The number of hydrogen-bond acceptors (Lipinski definition) is 4. The average Bonchev–Trinajstić information content (AvgIpc) is 3.21. The van der Waals surface area contributed by atoms with Crippen LogP contribution in [0.5, 0.6) is 0 Å². The summed E-state index contributed by atoms with van der Waals surface area (Å²) in [5.74, 6) is 1.31. The molecule has 5 heteroatoms. The fourth-order valence-corrected chi connectivity index (χ4v) is 4.46. The Bertz CT molecular complexity index is 419. The first-order valence-electron chi connectivity index (χ1n) is 8.56. The van der Waals surface area contributed by atoms with E-state index in [9.17, 15) is 8.42 Å². The maximum absolute atomic E-state index is 11.7. The molecule has 0 bridgehead atoms. The van der Waals surface area contributed by atoms with E-state index in [0.717, 1.165) is 51.3 Å². The van der Waals surface area contributed by atoms with Gasteiger partial charge in [0, 0.05) is 24.3 Å². The van der Waals surface area contributed by atoms with Gasteiger partial charge in [-0.15, -0.1) is 0 Å². The van der Waals surface area contributed by atoms with Crippen LogP contribution in [0.2, 0.25) is 0 Å². The van der Waals surface area contributed by atoms with E-state index in [1.807, 2.05) is 0 Å². The van der Waals surface area contributed by atoms with Crippen LogP contribution in [0.3, 0.4) is 0 Å². The van der Waals surface area contributed by atoms with Crippen LogP contribution in [0.1, 0.15) is 52.4 Å². The fourth-order valence-electron chi connectivity index (χ4n) is 3.59. The van der Waals surface area contributed by atoms with Gasteiger partial charge in [0.05, 0.1) is 11.9 Å². The molecule has 0 aromatic rings. The molecule has 21 heavy (non-hydrogen) atoms. The van der Waals surface area contributed by atoms with E-state index in [-0.39, 0.29) is 11.2 Å². The van der Waals surface area contributed by atoms with Gasteiger partial charge in [0.1, 0.15) is 9.84 Å². The minimum atomic E-state index is -2.85. The summed E-state index contributed by atoms with van der Waals surface area (Å²) in [6.45, 7) is 6.77. The van der Waals surface area contributed by atoms with Crippen molar-refractivity contribution in [2.75, 3.05) is 31.2 Å². The molecule has 1 aliphatic heterocycles. The summed E-state index contributed by atoms with van der Waals surface area (Å²) in [6.07, 6.45) is 6.89. The van der Waals surface area contributed by atoms with Gasteiger partial charge in [0.25, 0.3) is 0 Å². The molecular weight excluding hydrogens is 286 g/mol. The maximum Gasteiger partial charge on any atom is 0.150 e. The summed E-state index contributed by atoms with van der Waals surface area (Å²) in [4.78, 5) is 0. The molecule has 2 rings (SSSR count). The fraction of sp³-hybridized carbons (Fsp3) is 1.00. The van der Waals surface area contributed by atoms with Gasteiger partial charge in [0.15, 0.2) is 0 Å². The second-order valence-corrected chi connectivity index (χ2v) is 9.23. The van der Waals surface area contributed by atoms with Crippen molar-refractivity contribution in [2.24, 2.45) is 11.3 Å². The normalized spacial score (nSPS) is 29.9. The van der Waals surface area contributed by atoms with Crippen LogP contribution >= 0.6 is 0 Å². The summed E-state index contributed by atoms with van der Waals surface area (Å²) in [5, 5.41) is 3.56. The minimum Gasteiger partial charge on any atom is -0.377 e. The predicted molar refractivity (Wildman–Crippen MR) is 86.2 cm³/mol. The van der Waals surface area contributed by atoms with Gasteiger partial charge in [-0.05, 0) is 51.0 Å². The molecule has 0 spiro atoms. The van der Waals surface area contributed by atoms with Crippen LogP contribution < -0.4 is 5.32 Å². The van der Waals surface area contributed by atoms with E-state index < -0.39 is 9.84 Å². The van der Waals surface area contributed by atoms with Gasteiger partial charge >= 0.3 is 0 Å². The highest BCUT2D eigenvalue weighted by atomic mass is 32.2. The third-order valence-corrected chi connectivity index (χ3v) is 6.82. The smallest absolute Gasteiger partial charge is 0.150 e. The molecule has 1 saturated heterocycles. The Morgan fingerprint density at radius 2 is 2.05 bits per heavy atom. The second kappa shape index (κ2) is 7.42. The van der Waals surface area contributed by atoms with Gasteiger partial charge in [-0.3, -0.25) is 0 Å². The van der Waals surface area contributed by atoms with E-state index >= 15 is 0 Å². The van der Waals surface area contributed by atoms with Crippen LogP contribution in [0.25, 0.3) is 0 Å². The zero-order chi connectivity index (χ0) is 15.3. The molecule has 2 aliphatic rings. The molecular formula is C16H31NO3S. The molecule has 1 N–H and O–H groups in total. The van der Waals surface area contributed by atoms with Crippen molar-refractivity contribution in [2.45, 2.75) is 58.5 Å². The largest absolute Gasteiger partial charge is 0.377 e. The van der Waals surface area contributed by atoms with Crippen molar-refractivity contribution in [1.29, 1.82) is 0 Å². The number of rotatable bonds is 10. The molecule has 0 aromatic carbocycles. The molecule has 124 valence electrons. The Morgan fingerprint density at radius 1 is 1.29 bits per heavy atom. The molecule has 2 atom stereocenters. The third kappa shape index (κ3) is 4.67. The van der Waals surface area contributed by atoms with Crippen LogP contribution in [0.4, 0.5) is 0 Å². The second-order valence-electron chi connectivity index (χ2n) is 6.76. The Balaban J connectivity index is 1.94. The van der Waals surface area contributed by atoms with Gasteiger partial charge in [-0.1, -0.05) is 13.8 Å². The highest BCUT2D eigenvalue weighted by Crippen LogP contribution is 2.49. The van der Waals surface area contributed by atoms with E-state index in [1.165, 1.54) is 12.8 Å². The molecule has 2 fully saturated rings. The third-order valence-electron chi connectivity index (χ3n) is 5.02. The lowest BCUT2D eigenvalue weighted by molar-refractivity contribution is 0.0263. The Labute approximate surface area is 129 Å². The van der Waals surface area contributed by atoms with Crippen molar-refractivity contribution in [1.82, 2.24) is 5.32 Å². The SMILES string of the molecule is CCCNCC1(CCCS(=O)(=O)CC)CCOC1C1CC1. The van der Waals surface area contributed by atoms with Crippen molar-refractivity contribution in [3.05, 3.63) is 0 Å². The molecule has 1 heterocycles. The first-order valence-corrected chi connectivity index (χ1v) is 10.4. The number of sulfone groups is 1. The summed E-state index contributed by atoms with van der Waals surface area (Å²) in [7, 11) is -2.85. The lowest BCUT2D eigenvalue weighted by atomic mass is 9.75. The van der Waals surface area contributed by atoms with Gasteiger partial charge in [0.2, 0.25) is 0 Å². The van der Waals surface area contributed by atoms with Crippen LogP contribution in [0.15, 0.2) is 0 Å². The molecule has 2 unspecified atom stereocenters. The van der Waals surface area contributed by atoms with E-state index in [2.05, 4.69) is 12.2 Å². The van der Waals surface area contributed by atoms with Gasteiger partial charge in [-0.25, -0.2) is 8.42 Å².